The molecule has 0 saturated heterocycles. The number of halogens is 2. The zero-order chi connectivity index (χ0) is 18.4. The lowest BCUT2D eigenvalue weighted by Crippen LogP contribution is -2.39. The smallest absolute Gasteiger partial charge is 0.258 e. The van der Waals surface area contributed by atoms with Gasteiger partial charge in [-0.2, -0.15) is 0 Å². The molecule has 0 saturated carbocycles. The van der Waals surface area contributed by atoms with Gasteiger partial charge in [0.2, 0.25) is 0 Å². The quantitative estimate of drug-likeness (QED) is 0.793. The molecule has 134 valence electrons. The average Bonchev–Trinajstić information content (AvgIpc) is 2.51. The zero-order valence-electron chi connectivity index (χ0n) is 14.7. The molecule has 1 aromatic rings. The molecule has 2 aliphatic carbocycles. The summed E-state index contributed by atoms with van der Waals surface area (Å²) >= 11 is 12.9. The molecule has 6 heteroatoms. The van der Waals surface area contributed by atoms with Gasteiger partial charge in [-0.25, -0.2) is 4.98 Å². The summed E-state index contributed by atoms with van der Waals surface area (Å²) in [6, 6.07) is 1.58. The number of alkyl halides is 2. The third kappa shape index (κ3) is 3.48. The Kier molecular flexibility index (Phi) is 4.73. The van der Waals surface area contributed by atoms with E-state index in [2.05, 4.69) is 11.1 Å². The van der Waals surface area contributed by atoms with Gasteiger partial charge >= 0.3 is 0 Å². The second-order valence-corrected chi connectivity index (χ2v) is 8.62. The number of rotatable bonds is 2. The van der Waals surface area contributed by atoms with E-state index in [1.165, 1.54) is 0 Å². The maximum atomic E-state index is 12.8. The van der Waals surface area contributed by atoms with Gasteiger partial charge in [0.05, 0.1) is 16.8 Å². The molecule has 0 spiro atoms. The highest BCUT2D eigenvalue weighted by Gasteiger charge is 2.37. The number of aromatic nitrogens is 2. The number of aryl methyl sites for hydroxylation is 1. The van der Waals surface area contributed by atoms with Gasteiger partial charge in [0, 0.05) is 11.6 Å². The van der Waals surface area contributed by atoms with Crippen LogP contribution in [0.3, 0.4) is 0 Å². The molecule has 2 aliphatic rings. The van der Waals surface area contributed by atoms with E-state index < -0.39 is 10.3 Å². The van der Waals surface area contributed by atoms with Crippen molar-refractivity contribution in [1.29, 1.82) is 0 Å². The Morgan fingerprint density at radius 3 is 2.72 bits per heavy atom. The molecule has 0 fully saturated rings. The third-order valence-electron chi connectivity index (χ3n) is 4.99. The number of allylic oxidation sites excluding steroid dienone is 5. The molecular formula is C19H23Cl2N3O. The molecule has 0 aromatic carbocycles. The molecule has 0 bridgehead atoms. The maximum Gasteiger partial charge on any atom is 0.258 e. The Labute approximate surface area is 158 Å². The standard InChI is InChI=1S/C19H23Cl2N3O/c1-12-23-14(13-7-9-18(2,22)10-8-13)11-17(25)24(12)16-6-4-5-15(20)19(16,3)21/h4-7,11,15H,8-10,22H2,1-3H3/t15?,18-,19?/m1/s1. The molecule has 0 aliphatic heterocycles. The average molecular weight is 380 g/mol. The van der Waals surface area contributed by atoms with Crippen molar-refractivity contribution in [3.63, 3.8) is 0 Å². The van der Waals surface area contributed by atoms with Crippen LogP contribution in [0.4, 0.5) is 0 Å². The predicted molar refractivity (Wildman–Crippen MR) is 105 cm³/mol. The second kappa shape index (κ2) is 6.42. The van der Waals surface area contributed by atoms with Gasteiger partial charge in [-0.1, -0.05) is 18.2 Å². The van der Waals surface area contributed by atoms with Crippen molar-refractivity contribution in [3.8, 4) is 0 Å². The summed E-state index contributed by atoms with van der Waals surface area (Å²) in [5, 5.41) is -0.400. The second-order valence-electron chi connectivity index (χ2n) is 7.36. The fourth-order valence-electron chi connectivity index (χ4n) is 3.29. The normalized spacial score (nSPS) is 32.3. The first-order valence-corrected chi connectivity index (χ1v) is 9.24. The monoisotopic (exact) mass is 379 g/mol. The molecule has 1 heterocycles. The number of nitrogens with zero attached hydrogens (tertiary/aromatic N) is 2. The van der Waals surface area contributed by atoms with Gasteiger partial charge in [0.25, 0.3) is 5.56 Å². The maximum absolute atomic E-state index is 12.8. The lowest BCUT2D eigenvalue weighted by Gasteiger charge is -2.32. The van der Waals surface area contributed by atoms with Gasteiger partial charge in [-0.05, 0) is 51.7 Å². The van der Waals surface area contributed by atoms with Crippen LogP contribution >= 0.6 is 23.2 Å². The number of hydrogen-bond donors (Lipinski definition) is 1. The Bertz CT molecular complexity index is 847. The highest BCUT2D eigenvalue weighted by Crippen LogP contribution is 2.38. The molecule has 1 aromatic heterocycles. The summed E-state index contributed by atoms with van der Waals surface area (Å²) in [4.78, 5) is 16.6. The molecule has 2 unspecified atom stereocenters. The van der Waals surface area contributed by atoms with Crippen LogP contribution in [0.1, 0.15) is 44.6 Å². The van der Waals surface area contributed by atoms with Crippen LogP contribution in [-0.4, -0.2) is 25.3 Å². The third-order valence-corrected chi connectivity index (χ3v) is 6.11. The van der Waals surface area contributed by atoms with Crippen LogP contribution in [0.25, 0.3) is 11.3 Å². The van der Waals surface area contributed by atoms with Gasteiger partial charge in [0.15, 0.2) is 0 Å². The first-order chi connectivity index (χ1) is 11.6. The van der Waals surface area contributed by atoms with E-state index in [1.54, 1.807) is 10.6 Å². The molecule has 2 N–H and O–H groups in total. The molecule has 25 heavy (non-hydrogen) atoms. The highest BCUT2D eigenvalue weighted by atomic mass is 35.5. The van der Waals surface area contributed by atoms with Crippen molar-refractivity contribution in [2.24, 2.45) is 5.73 Å². The van der Waals surface area contributed by atoms with Crippen LogP contribution in [0.2, 0.25) is 0 Å². The van der Waals surface area contributed by atoms with Crippen LogP contribution in [0.5, 0.6) is 0 Å². The number of hydrogen-bond acceptors (Lipinski definition) is 3. The SMILES string of the molecule is Cc1nc(C2=CC[C@@](C)(N)CC2)cc(=O)n1C1=CC=CC(Cl)C1(C)Cl. The molecular weight excluding hydrogens is 357 g/mol. The van der Waals surface area contributed by atoms with Crippen molar-refractivity contribution < 1.29 is 0 Å². The first kappa shape index (κ1) is 18.4. The van der Waals surface area contributed by atoms with E-state index >= 15 is 0 Å². The topological polar surface area (TPSA) is 60.9 Å². The van der Waals surface area contributed by atoms with Crippen molar-refractivity contribution in [1.82, 2.24) is 9.55 Å². The summed E-state index contributed by atoms with van der Waals surface area (Å²) in [7, 11) is 0. The minimum Gasteiger partial charge on any atom is -0.325 e. The fraction of sp³-hybridized carbons (Fsp3) is 0.474. The van der Waals surface area contributed by atoms with Crippen molar-refractivity contribution in [2.75, 3.05) is 0 Å². The molecule has 3 rings (SSSR count). The van der Waals surface area contributed by atoms with E-state index in [4.69, 9.17) is 28.9 Å². The summed E-state index contributed by atoms with van der Waals surface area (Å²) < 4.78 is 1.55. The molecule has 0 radical (unpaired) electrons. The Morgan fingerprint density at radius 2 is 2.12 bits per heavy atom. The first-order valence-electron chi connectivity index (χ1n) is 8.43. The Morgan fingerprint density at radius 1 is 1.40 bits per heavy atom. The largest absolute Gasteiger partial charge is 0.325 e. The lowest BCUT2D eigenvalue weighted by atomic mass is 9.84. The van der Waals surface area contributed by atoms with Crippen LogP contribution in [0.15, 0.2) is 35.2 Å². The molecule has 4 nitrogen and oxygen atoms in total. The van der Waals surface area contributed by atoms with E-state index in [0.717, 1.165) is 30.5 Å². The Balaban J connectivity index is 2.03. The van der Waals surface area contributed by atoms with Crippen LogP contribution in [0, 0.1) is 6.92 Å². The summed E-state index contributed by atoms with van der Waals surface area (Å²) in [6.45, 7) is 5.67. The fourth-order valence-corrected chi connectivity index (χ4v) is 3.71. The Hall–Kier alpha value is -1.36. The summed E-state index contributed by atoms with van der Waals surface area (Å²) in [5.74, 6) is 0.599. The number of nitrogens with two attached hydrogens (primary N) is 1. The van der Waals surface area contributed by atoms with Gasteiger partial charge in [-0.15, -0.1) is 23.2 Å². The summed E-state index contributed by atoms with van der Waals surface area (Å²) in [6.07, 6.45) is 10.0. The predicted octanol–water partition coefficient (Wildman–Crippen LogP) is 3.85. The van der Waals surface area contributed by atoms with Gasteiger partial charge in [0.1, 0.15) is 10.7 Å². The summed E-state index contributed by atoms with van der Waals surface area (Å²) in [5.41, 5.74) is 8.29. The minimum atomic E-state index is -0.875. The minimum absolute atomic E-state index is 0.151. The van der Waals surface area contributed by atoms with Crippen LogP contribution < -0.4 is 11.3 Å². The van der Waals surface area contributed by atoms with E-state index in [0.29, 0.717) is 11.5 Å². The van der Waals surface area contributed by atoms with E-state index in [1.807, 2.05) is 39.0 Å². The van der Waals surface area contributed by atoms with Gasteiger partial charge < -0.3 is 5.73 Å². The van der Waals surface area contributed by atoms with E-state index in [9.17, 15) is 4.79 Å². The van der Waals surface area contributed by atoms with E-state index in [-0.39, 0.29) is 11.1 Å². The van der Waals surface area contributed by atoms with Gasteiger partial charge in [-0.3, -0.25) is 9.36 Å². The highest BCUT2D eigenvalue weighted by molar-refractivity contribution is 6.37. The molecule has 0 amide bonds. The van der Waals surface area contributed by atoms with Crippen molar-refractivity contribution >= 4 is 34.5 Å². The van der Waals surface area contributed by atoms with Crippen LogP contribution in [-0.2, 0) is 0 Å². The molecule has 3 atom stereocenters. The lowest BCUT2D eigenvalue weighted by molar-refractivity contribution is 0.432. The van der Waals surface area contributed by atoms with Crippen molar-refractivity contribution in [3.05, 3.63) is 52.2 Å². The zero-order valence-corrected chi connectivity index (χ0v) is 16.2. The van der Waals surface area contributed by atoms with Crippen molar-refractivity contribution in [2.45, 2.75) is 55.8 Å².